The van der Waals surface area contributed by atoms with Crippen molar-refractivity contribution in [1.82, 2.24) is 19.8 Å². The molecule has 1 aliphatic heterocycles. The van der Waals surface area contributed by atoms with Crippen molar-refractivity contribution in [2.45, 2.75) is 65.1 Å². The van der Waals surface area contributed by atoms with Crippen LogP contribution < -0.4 is 15.8 Å². The van der Waals surface area contributed by atoms with E-state index in [4.69, 9.17) is 24.7 Å². The Balaban J connectivity index is 2.08. The van der Waals surface area contributed by atoms with Gasteiger partial charge in [-0.3, -0.25) is 23.7 Å². The maximum atomic E-state index is 13.2. The van der Waals surface area contributed by atoms with Gasteiger partial charge < -0.3 is 34.9 Å². The zero-order valence-corrected chi connectivity index (χ0v) is 21.2. The first kappa shape index (κ1) is 27.5. The molecular formula is C20H28BN5O9S. The molecule has 3 rings (SSSR count). The summed E-state index contributed by atoms with van der Waals surface area (Å²) in [6.45, 7) is 6.94. The van der Waals surface area contributed by atoms with E-state index >= 15 is 0 Å². The maximum absolute atomic E-state index is 13.2. The lowest BCUT2D eigenvalue weighted by atomic mass is 9.85. The largest absolute Gasteiger partial charge is 0.463 e. The molecule has 36 heavy (non-hydrogen) atoms. The Bertz CT molecular complexity index is 1190. The summed E-state index contributed by atoms with van der Waals surface area (Å²) in [5, 5.41) is 12.5. The van der Waals surface area contributed by atoms with Crippen molar-refractivity contribution in [3.63, 3.8) is 0 Å². The van der Waals surface area contributed by atoms with Gasteiger partial charge in [0.05, 0.1) is 10.9 Å². The number of hydrogen-bond donors (Lipinski definition) is 3. The molecule has 16 heteroatoms. The molecule has 2 aromatic heterocycles. The van der Waals surface area contributed by atoms with Gasteiger partial charge in [-0.1, -0.05) is 25.2 Å². The summed E-state index contributed by atoms with van der Waals surface area (Å²) < 4.78 is 23.8. The average Bonchev–Trinajstić information content (AvgIpc) is 3.25. The minimum atomic E-state index is -1.34. The van der Waals surface area contributed by atoms with Crippen LogP contribution >= 0.6 is 11.3 Å². The number of rotatable bonds is 9. The second-order valence-electron chi connectivity index (χ2n) is 8.56. The number of carbonyl (C=O) groups is 3. The van der Waals surface area contributed by atoms with Crippen molar-refractivity contribution in [1.29, 1.82) is 0 Å². The van der Waals surface area contributed by atoms with Gasteiger partial charge in [-0.15, -0.1) is 0 Å². The van der Waals surface area contributed by atoms with E-state index in [0.717, 1.165) is 22.8 Å². The Hall–Kier alpha value is -3.08. The van der Waals surface area contributed by atoms with E-state index < -0.39 is 60.4 Å². The molecule has 1 saturated heterocycles. The molecule has 0 aliphatic carbocycles. The lowest BCUT2D eigenvalue weighted by molar-refractivity contribution is -0.170. The van der Waals surface area contributed by atoms with Crippen molar-refractivity contribution < 1.29 is 38.4 Å². The summed E-state index contributed by atoms with van der Waals surface area (Å²) in [4.78, 5) is 57.0. The molecule has 1 fully saturated rings. The summed E-state index contributed by atoms with van der Waals surface area (Å²) in [5.74, 6) is -2.51. The number of ether oxygens (including phenoxy) is 4. The van der Waals surface area contributed by atoms with Crippen LogP contribution in [0.1, 0.15) is 33.9 Å². The van der Waals surface area contributed by atoms with Crippen LogP contribution in [0.5, 0.6) is 0 Å². The zero-order valence-electron chi connectivity index (χ0n) is 20.4. The van der Waals surface area contributed by atoms with E-state index in [9.17, 15) is 24.2 Å². The van der Waals surface area contributed by atoms with Crippen molar-refractivity contribution in [2.75, 3.05) is 12.3 Å². The molecule has 0 radical (unpaired) electrons. The maximum Gasteiger partial charge on any atom is 0.374 e. The molecule has 0 spiro atoms. The highest BCUT2D eigenvalue weighted by atomic mass is 32.1. The number of fused-ring (bicyclic) bond motifs is 1. The molecule has 5 atom stereocenters. The van der Waals surface area contributed by atoms with Gasteiger partial charge >= 0.3 is 29.8 Å². The van der Waals surface area contributed by atoms with E-state index in [1.807, 2.05) is 0 Å². The molecule has 0 bridgehead atoms. The smallest absolute Gasteiger partial charge is 0.374 e. The van der Waals surface area contributed by atoms with Gasteiger partial charge in [-0.25, -0.2) is 4.98 Å². The summed E-state index contributed by atoms with van der Waals surface area (Å²) in [6, 6.07) is -0.940. The van der Waals surface area contributed by atoms with Gasteiger partial charge in [0, 0.05) is 13.8 Å². The Morgan fingerprint density at radius 3 is 2.56 bits per heavy atom. The third kappa shape index (κ3) is 6.18. The molecular weight excluding hydrogens is 497 g/mol. The second-order valence-corrected chi connectivity index (χ2v) is 9.55. The molecule has 0 amide bonds. The van der Waals surface area contributed by atoms with E-state index in [2.05, 4.69) is 15.2 Å². The zero-order chi connectivity index (χ0) is 26.7. The predicted molar refractivity (Wildman–Crippen MR) is 128 cm³/mol. The minimum Gasteiger partial charge on any atom is -0.463 e. The van der Waals surface area contributed by atoms with Crippen LogP contribution in [0.15, 0.2) is 11.0 Å². The highest BCUT2D eigenvalue weighted by molar-refractivity contribution is 7.16. The first-order chi connectivity index (χ1) is 16.9. The molecule has 1 aliphatic rings. The van der Waals surface area contributed by atoms with Gasteiger partial charge in [-0.2, -0.15) is 4.98 Å². The highest BCUT2D eigenvalue weighted by Crippen LogP contribution is 2.36. The monoisotopic (exact) mass is 525 g/mol. The Morgan fingerprint density at radius 2 is 1.97 bits per heavy atom. The number of carbonyl (C=O) groups excluding carboxylic acids is 3. The Morgan fingerprint density at radius 1 is 1.28 bits per heavy atom. The van der Waals surface area contributed by atoms with Gasteiger partial charge in [0.1, 0.15) is 18.8 Å². The van der Waals surface area contributed by atoms with Crippen molar-refractivity contribution >= 4 is 52.6 Å². The molecule has 3 heterocycles. The fourth-order valence-corrected chi connectivity index (χ4v) is 4.60. The average molecular weight is 525 g/mol. The van der Waals surface area contributed by atoms with Crippen LogP contribution in [0, 0.1) is 5.92 Å². The summed E-state index contributed by atoms with van der Waals surface area (Å²) >= 11 is 0.817. The molecule has 2 aromatic rings. The number of anilines is 1. The van der Waals surface area contributed by atoms with Crippen molar-refractivity contribution in [3.05, 3.63) is 15.9 Å². The van der Waals surface area contributed by atoms with Crippen molar-refractivity contribution in [3.8, 4) is 0 Å². The topological polar surface area (TPSA) is 194 Å². The van der Waals surface area contributed by atoms with Crippen LogP contribution in [0.2, 0.25) is 6.82 Å². The molecule has 0 aromatic carbocycles. The second kappa shape index (κ2) is 11.3. The minimum absolute atomic E-state index is 0.102. The summed E-state index contributed by atoms with van der Waals surface area (Å²) in [7, 11) is -1.02. The number of esters is 3. The molecule has 14 nitrogen and oxygen atoms in total. The summed E-state index contributed by atoms with van der Waals surface area (Å²) in [6.07, 6.45) is -3.60. The van der Waals surface area contributed by atoms with Crippen LogP contribution in [0.4, 0.5) is 5.95 Å². The third-order valence-corrected chi connectivity index (χ3v) is 6.14. The normalized spacial score (nSPS) is 22.4. The van der Waals surface area contributed by atoms with E-state index in [1.165, 1.54) is 19.9 Å². The van der Waals surface area contributed by atoms with Gasteiger partial charge in [-0.05, 0) is 12.7 Å². The number of hydrogen-bond acceptors (Lipinski definition) is 14. The summed E-state index contributed by atoms with van der Waals surface area (Å²) in [5.41, 5.74) is 5.84. The number of nitrogen functional groups attached to an aromatic ring is 1. The fraction of sp³-hybridized carbons (Fsp3) is 0.600. The van der Waals surface area contributed by atoms with Crippen LogP contribution in [0.3, 0.4) is 0 Å². The number of nitrogens with zero attached hydrogens (tertiary/aromatic N) is 3. The van der Waals surface area contributed by atoms with Crippen LogP contribution in [-0.2, 0) is 33.3 Å². The molecule has 4 N–H and O–H groups in total. The van der Waals surface area contributed by atoms with Crippen LogP contribution in [-0.4, -0.2) is 75.5 Å². The van der Waals surface area contributed by atoms with E-state index in [-0.39, 0.29) is 24.1 Å². The number of thiazole rings is 1. The standard InChI is InChI=1S/C20H28BN5O9S/c1-8(2)13(25-21(5)31)18(29)35-15-14(33-10(4)28)11(7-32-9(3)27)34-17(15)26-16-12(36-20(26)30)6-23-19(22)24-16/h6,8,11,13-15,17,25,31H,7H2,1-5H3,(H2,22,23,24)/t11-,13+,14+,15-,17-/m1/s1. The molecule has 196 valence electrons. The lowest BCUT2D eigenvalue weighted by Crippen LogP contribution is -2.51. The SMILES string of the molecule is CB(O)N[C@H](C(=O)O[C@@H]1[C@@H](OC(C)=O)[C@@H](COC(C)=O)O[C@H]1n1c(=O)sc2cnc(N)nc21)C(C)C. The Kier molecular flexibility index (Phi) is 8.65. The highest BCUT2D eigenvalue weighted by Gasteiger charge is 2.52. The van der Waals surface area contributed by atoms with Crippen LogP contribution in [0.25, 0.3) is 10.3 Å². The van der Waals surface area contributed by atoms with Gasteiger partial charge in [0.25, 0.3) is 0 Å². The van der Waals surface area contributed by atoms with Gasteiger partial charge in [0.2, 0.25) is 5.95 Å². The van der Waals surface area contributed by atoms with E-state index in [0.29, 0.717) is 4.70 Å². The molecule has 0 unspecified atom stereocenters. The third-order valence-electron chi connectivity index (χ3n) is 5.26. The first-order valence-electron chi connectivity index (χ1n) is 11.1. The molecule has 0 saturated carbocycles. The van der Waals surface area contributed by atoms with E-state index in [1.54, 1.807) is 13.8 Å². The van der Waals surface area contributed by atoms with Crippen molar-refractivity contribution in [2.24, 2.45) is 5.92 Å². The fourth-order valence-electron chi connectivity index (χ4n) is 3.78. The number of aromatic nitrogens is 3. The number of nitrogens with two attached hydrogens (primary N) is 1. The lowest BCUT2D eigenvalue weighted by Gasteiger charge is -2.28. The Labute approximate surface area is 210 Å². The number of nitrogens with one attached hydrogen (secondary N) is 1. The van der Waals surface area contributed by atoms with Gasteiger partial charge in [0.15, 0.2) is 24.1 Å². The predicted octanol–water partition coefficient (Wildman–Crippen LogP) is -0.536. The first-order valence-corrected chi connectivity index (χ1v) is 11.9. The quantitative estimate of drug-likeness (QED) is 0.215.